The molecular formula is C28H24F3N5O6S. The molecule has 3 aliphatic rings. The van der Waals surface area contributed by atoms with Gasteiger partial charge in [-0.15, -0.1) is 11.8 Å². The number of hydrogen-bond donors (Lipinski definition) is 2. The van der Waals surface area contributed by atoms with E-state index < -0.39 is 35.4 Å². The van der Waals surface area contributed by atoms with Gasteiger partial charge in [0.2, 0.25) is 11.8 Å². The number of benzene rings is 1. The van der Waals surface area contributed by atoms with E-state index in [2.05, 4.69) is 6.07 Å². The SMILES string of the molecule is N#Cc1ccc(C[n+]2ccc(CN3CCC(=CC4=C(C(=O)[O-])N5C(=O)[C@@H](N)[C@H]5SC4)C3=O)cc2)cc1.O=C(O)C(F)(F)F. The van der Waals surface area contributed by atoms with Gasteiger partial charge in [0.05, 0.1) is 23.3 Å². The van der Waals surface area contributed by atoms with Gasteiger partial charge >= 0.3 is 12.1 Å². The fourth-order valence-corrected chi connectivity index (χ4v) is 5.87. The zero-order chi connectivity index (χ0) is 31.5. The van der Waals surface area contributed by atoms with Crippen molar-refractivity contribution in [3.8, 4) is 6.07 Å². The Morgan fingerprint density at radius 3 is 2.35 bits per heavy atom. The van der Waals surface area contributed by atoms with Crippen LogP contribution in [0.1, 0.15) is 23.1 Å². The van der Waals surface area contributed by atoms with Crippen LogP contribution >= 0.6 is 11.8 Å². The van der Waals surface area contributed by atoms with Crippen LogP contribution in [0.3, 0.4) is 0 Å². The number of likely N-dealkylation sites (tertiary alicyclic amines) is 1. The summed E-state index contributed by atoms with van der Waals surface area (Å²) in [5.41, 5.74) is 9.21. The first-order chi connectivity index (χ1) is 20.3. The molecule has 0 radical (unpaired) electrons. The van der Waals surface area contributed by atoms with E-state index in [4.69, 9.17) is 20.9 Å². The smallest absolute Gasteiger partial charge is 0.490 e. The molecule has 1 aromatic heterocycles. The number of thioether (sulfide) groups is 1. The number of carbonyl (C=O) groups excluding carboxylic acids is 3. The Balaban J connectivity index is 0.000000541. The molecule has 224 valence electrons. The number of fused-ring (bicyclic) bond motifs is 1. The number of aromatic nitrogens is 1. The Labute approximate surface area is 247 Å². The minimum atomic E-state index is -5.08. The number of pyridine rings is 1. The third-order valence-corrected chi connectivity index (χ3v) is 8.14. The van der Waals surface area contributed by atoms with Crippen LogP contribution in [0.4, 0.5) is 13.2 Å². The predicted molar refractivity (Wildman–Crippen MR) is 142 cm³/mol. The molecule has 2 amide bonds. The van der Waals surface area contributed by atoms with Crippen molar-refractivity contribution in [3.63, 3.8) is 0 Å². The maximum Gasteiger partial charge on any atom is 0.490 e. The second kappa shape index (κ2) is 12.7. The maximum atomic E-state index is 13.0. The molecule has 2 saturated heterocycles. The van der Waals surface area contributed by atoms with E-state index in [1.54, 1.807) is 23.1 Å². The Hall–Kier alpha value is -4.68. The van der Waals surface area contributed by atoms with E-state index in [1.807, 2.05) is 41.2 Å². The summed E-state index contributed by atoms with van der Waals surface area (Å²) < 4.78 is 33.8. The van der Waals surface area contributed by atoms with Gasteiger partial charge in [-0.25, -0.2) is 9.36 Å². The topological polar surface area (TPSA) is 172 Å². The Morgan fingerprint density at radius 2 is 1.79 bits per heavy atom. The number of aliphatic carboxylic acids is 2. The number of nitriles is 1. The van der Waals surface area contributed by atoms with Crippen molar-refractivity contribution in [3.05, 3.63) is 88.4 Å². The lowest BCUT2D eigenvalue weighted by Crippen LogP contribution is -2.69. The first-order valence-corrected chi connectivity index (χ1v) is 13.8. The van der Waals surface area contributed by atoms with Crippen molar-refractivity contribution in [1.29, 1.82) is 5.26 Å². The highest BCUT2D eigenvalue weighted by Gasteiger charge is 2.50. The fraction of sp³-hybridized carbons (Fsp3) is 0.286. The first-order valence-electron chi connectivity index (χ1n) is 12.7. The van der Waals surface area contributed by atoms with Crippen LogP contribution in [0.25, 0.3) is 0 Å². The van der Waals surface area contributed by atoms with E-state index in [0.29, 0.717) is 48.5 Å². The molecule has 15 heteroatoms. The second-order valence-electron chi connectivity index (χ2n) is 9.73. The van der Waals surface area contributed by atoms with Crippen molar-refractivity contribution in [1.82, 2.24) is 9.80 Å². The van der Waals surface area contributed by atoms with Gasteiger partial charge in [0.1, 0.15) is 11.4 Å². The fourth-order valence-electron chi connectivity index (χ4n) is 4.62. The molecule has 4 heterocycles. The van der Waals surface area contributed by atoms with Gasteiger partial charge < -0.3 is 25.6 Å². The summed E-state index contributed by atoms with van der Waals surface area (Å²) in [5.74, 6) is -4.43. The van der Waals surface area contributed by atoms with Crippen molar-refractivity contribution < 1.29 is 47.1 Å². The summed E-state index contributed by atoms with van der Waals surface area (Å²) in [7, 11) is 0. The average Bonchev–Trinajstić information content (AvgIpc) is 3.31. The third kappa shape index (κ3) is 7.04. The number of nitrogens with zero attached hydrogens (tertiary/aromatic N) is 4. The summed E-state index contributed by atoms with van der Waals surface area (Å²) in [6.07, 6.45) is 0.915. The van der Waals surface area contributed by atoms with Crippen molar-refractivity contribution in [2.24, 2.45) is 5.73 Å². The first kappa shape index (κ1) is 31.3. The van der Waals surface area contributed by atoms with Crippen LogP contribution in [0.15, 0.2) is 71.7 Å². The van der Waals surface area contributed by atoms with Crippen LogP contribution in [0.5, 0.6) is 0 Å². The minimum Gasteiger partial charge on any atom is -0.543 e. The van der Waals surface area contributed by atoms with E-state index >= 15 is 0 Å². The third-order valence-electron chi connectivity index (χ3n) is 6.82. The molecule has 3 aliphatic heterocycles. The highest BCUT2D eigenvalue weighted by atomic mass is 32.2. The van der Waals surface area contributed by atoms with E-state index in [0.717, 1.165) is 11.1 Å². The molecule has 43 heavy (non-hydrogen) atoms. The molecular weight excluding hydrogens is 591 g/mol. The zero-order valence-electron chi connectivity index (χ0n) is 22.3. The Morgan fingerprint density at radius 1 is 1.16 bits per heavy atom. The summed E-state index contributed by atoms with van der Waals surface area (Å²) in [6, 6.07) is 12.8. The van der Waals surface area contributed by atoms with Gasteiger partial charge in [0.25, 0.3) is 0 Å². The summed E-state index contributed by atoms with van der Waals surface area (Å²) >= 11 is 1.39. The van der Waals surface area contributed by atoms with Gasteiger partial charge in [0, 0.05) is 42.1 Å². The molecule has 2 fully saturated rings. The monoisotopic (exact) mass is 615 g/mol. The molecule has 0 spiro atoms. The number of allylic oxidation sites excluding steroid dienone is 1. The van der Waals surface area contributed by atoms with Crippen LogP contribution in [0.2, 0.25) is 0 Å². The number of carboxylic acid groups (broad SMARTS) is 2. The van der Waals surface area contributed by atoms with Crippen molar-refractivity contribution in [2.45, 2.75) is 37.1 Å². The lowest BCUT2D eigenvalue weighted by Gasteiger charge is -2.49. The molecule has 2 aromatic rings. The number of rotatable bonds is 6. The van der Waals surface area contributed by atoms with Crippen molar-refractivity contribution >= 4 is 35.5 Å². The highest BCUT2D eigenvalue weighted by Crippen LogP contribution is 2.40. The largest absolute Gasteiger partial charge is 0.543 e. The van der Waals surface area contributed by atoms with Crippen LogP contribution in [-0.2, 0) is 32.3 Å². The molecule has 5 rings (SSSR count). The van der Waals surface area contributed by atoms with Crippen molar-refractivity contribution in [2.75, 3.05) is 12.3 Å². The number of hydrogen-bond acceptors (Lipinski definition) is 8. The summed E-state index contributed by atoms with van der Waals surface area (Å²) in [4.78, 5) is 48.7. The zero-order valence-corrected chi connectivity index (χ0v) is 23.1. The lowest BCUT2D eigenvalue weighted by atomic mass is 10.0. The predicted octanol–water partition coefficient (Wildman–Crippen LogP) is 0.432. The molecule has 0 bridgehead atoms. The number of halogens is 3. The van der Waals surface area contributed by atoms with Crippen LogP contribution in [0, 0.1) is 11.3 Å². The number of carbonyl (C=O) groups is 4. The van der Waals surface area contributed by atoms with E-state index in [1.165, 1.54) is 16.7 Å². The highest BCUT2D eigenvalue weighted by molar-refractivity contribution is 8.00. The van der Waals surface area contributed by atoms with Gasteiger partial charge in [-0.2, -0.15) is 18.4 Å². The number of β-lactam (4-membered cyclic amide) rings is 1. The van der Waals surface area contributed by atoms with Gasteiger partial charge in [0.15, 0.2) is 18.9 Å². The Kier molecular flexibility index (Phi) is 9.22. The molecule has 0 aliphatic carbocycles. The average molecular weight is 616 g/mol. The molecule has 1 aromatic carbocycles. The minimum absolute atomic E-state index is 0.145. The second-order valence-corrected chi connectivity index (χ2v) is 10.8. The molecule has 2 atom stereocenters. The molecule has 11 nitrogen and oxygen atoms in total. The van der Waals surface area contributed by atoms with Gasteiger partial charge in [-0.3, -0.25) is 14.5 Å². The van der Waals surface area contributed by atoms with Gasteiger partial charge in [-0.1, -0.05) is 12.1 Å². The summed E-state index contributed by atoms with van der Waals surface area (Å²) in [6.45, 7) is 1.64. The van der Waals surface area contributed by atoms with E-state index in [9.17, 15) is 32.7 Å². The number of amides is 2. The normalized spacial score (nSPS) is 20.7. The number of nitrogens with two attached hydrogens (primary N) is 1. The maximum absolute atomic E-state index is 13.0. The lowest BCUT2D eigenvalue weighted by molar-refractivity contribution is -0.688. The molecule has 0 saturated carbocycles. The van der Waals surface area contributed by atoms with Crippen LogP contribution < -0.4 is 15.4 Å². The standard InChI is InChI=1S/C26H23N5O4S.C2HF3O2/c27-12-16-1-3-17(4-2-16)13-29-8-5-18(6-9-29)14-30-10-7-19(23(30)32)11-20-15-36-25-21(28)24(33)31(25)22(20)26(34)35;3-2(4,5)1(6)7/h1-6,8-9,11,21,25H,7,10,13-15,28H2;(H,6,7)/t21-,25-;/m1./s1. The summed E-state index contributed by atoms with van der Waals surface area (Å²) in [5, 5.41) is 27.4. The quantitative estimate of drug-likeness (QED) is 0.266. The molecule has 3 N–H and O–H groups in total. The van der Waals surface area contributed by atoms with E-state index in [-0.39, 0.29) is 11.6 Å². The van der Waals surface area contributed by atoms with Gasteiger partial charge in [-0.05, 0) is 35.8 Å². The Bertz CT molecular complexity index is 1550. The van der Waals surface area contributed by atoms with Crippen LogP contribution in [-0.4, -0.2) is 68.5 Å². The molecule has 0 unspecified atom stereocenters. The number of alkyl halides is 3. The number of carboxylic acids is 2.